The Balaban J connectivity index is 1.47. The van der Waals surface area contributed by atoms with E-state index in [9.17, 15) is 14.4 Å². The van der Waals surface area contributed by atoms with E-state index in [1.54, 1.807) is 30.5 Å². The van der Waals surface area contributed by atoms with Crippen molar-refractivity contribution in [2.75, 3.05) is 13.2 Å². The zero-order valence-corrected chi connectivity index (χ0v) is 31.7. The average Bonchev–Trinajstić information content (AvgIpc) is 3.42. The lowest BCUT2D eigenvalue weighted by Crippen LogP contribution is -2.40. The first-order valence-corrected chi connectivity index (χ1v) is 18.5. The van der Waals surface area contributed by atoms with Crippen LogP contribution >= 0.6 is 56.5 Å². The third-order valence-corrected chi connectivity index (χ3v) is 10.1. The molecule has 2 heterocycles. The maximum atomic E-state index is 14.4. The number of hydrogen-bond acceptors (Lipinski definition) is 8. The number of hydrogen-bond donors (Lipinski definition) is 0. The largest absolute Gasteiger partial charge is 0.487 e. The second kappa shape index (κ2) is 15.6. The maximum Gasteiger partial charge on any atom is 0.338 e. The second-order valence-electron chi connectivity index (χ2n) is 10.9. The molecule has 5 aromatic rings. The van der Waals surface area contributed by atoms with Crippen molar-refractivity contribution < 1.29 is 23.8 Å². The maximum absolute atomic E-state index is 14.4. The molecule has 0 N–H and O–H groups in total. The van der Waals surface area contributed by atoms with Crippen LogP contribution in [-0.4, -0.2) is 29.7 Å². The lowest BCUT2D eigenvalue weighted by molar-refractivity contribution is -0.138. The van der Waals surface area contributed by atoms with Gasteiger partial charge in [0.25, 0.3) is 5.56 Å². The normalized spacial score (nSPS) is 14.2. The first-order valence-electron chi connectivity index (χ1n) is 15.5. The highest BCUT2D eigenvalue weighted by atomic mass is 127. The molecule has 0 fully saturated rings. The average molecular weight is 897 g/mol. The van der Waals surface area contributed by atoms with Crippen molar-refractivity contribution in [3.8, 4) is 5.75 Å². The topological polar surface area (TPSA) is 96.2 Å². The second-order valence-corrected chi connectivity index (χ2v) is 14.3. The molecule has 1 atom stereocenters. The third-order valence-electron chi connectivity index (χ3n) is 7.66. The fraction of sp³-hybridized carbons (Fsp3) is 0.158. The zero-order valence-electron chi connectivity index (χ0n) is 26.5. The van der Waals surface area contributed by atoms with Gasteiger partial charge in [0.2, 0.25) is 0 Å². The van der Waals surface area contributed by atoms with Gasteiger partial charge in [-0.25, -0.2) is 14.6 Å². The van der Waals surface area contributed by atoms with Crippen molar-refractivity contribution >= 4 is 80.2 Å². The number of carbonyl (C=O) groups is 2. The summed E-state index contributed by atoms with van der Waals surface area (Å²) in [6.45, 7) is 4.27. The van der Waals surface area contributed by atoms with Crippen LogP contribution in [0, 0.1) is 7.14 Å². The molecular formula is C38H30I2N2O6S. The quantitative estimate of drug-likeness (QED) is 0.112. The summed E-state index contributed by atoms with van der Waals surface area (Å²) < 4.78 is 20.9. The summed E-state index contributed by atoms with van der Waals surface area (Å²) in [5.41, 5.74) is 4.10. The van der Waals surface area contributed by atoms with Crippen LogP contribution in [0.5, 0.6) is 5.75 Å². The highest BCUT2D eigenvalue weighted by Gasteiger charge is 2.35. The number of rotatable bonds is 10. The van der Waals surface area contributed by atoms with Gasteiger partial charge in [0, 0.05) is 14.7 Å². The molecule has 1 aromatic heterocycles. The minimum Gasteiger partial charge on any atom is -0.487 e. The minimum atomic E-state index is -0.752. The van der Waals surface area contributed by atoms with Crippen LogP contribution in [0.1, 0.15) is 52.5 Å². The summed E-state index contributed by atoms with van der Waals surface area (Å²) in [6, 6.07) is 29.3. The molecule has 0 radical (unpaired) electrons. The summed E-state index contributed by atoms with van der Waals surface area (Å²) >= 11 is 5.75. The number of ether oxygens (including phenoxy) is 3. The van der Waals surface area contributed by atoms with Crippen LogP contribution < -0.4 is 19.6 Å². The highest BCUT2D eigenvalue weighted by Crippen LogP contribution is 2.35. The first kappa shape index (κ1) is 34.8. The van der Waals surface area contributed by atoms with Gasteiger partial charge in [0.1, 0.15) is 12.4 Å². The van der Waals surface area contributed by atoms with E-state index < -0.39 is 12.0 Å². The fourth-order valence-electron chi connectivity index (χ4n) is 5.48. The molecule has 0 bridgehead atoms. The number of carbonyl (C=O) groups excluding carboxylic acids is 2. The van der Waals surface area contributed by atoms with Gasteiger partial charge < -0.3 is 14.2 Å². The van der Waals surface area contributed by atoms with Crippen molar-refractivity contribution in [1.82, 2.24) is 4.57 Å². The Bertz CT molecular complexity index is 2230. The van der Waals surface area contributed by atoms with Crippen molar-refractivity contribution in [3.05, 3.63) is 157 Å². The van der Waals surface area contributed by atoms with E-state index >= 15 is 0 Å². The number of nitrogens with zero attached hydrogens (tertiary/aromatic N) is 2. The molecule has 8 nitrogen and oxygen atoms in total. The summed E-state index contributed by atoms with van der Waals surface area (Å²) in [4.78, 5) is 45.6. The monoisotopic (exact) mass is 896 g/mol. The summed E-state index contributed by atoms with van der Waals surface area (Å²) in [5, 5.41) is 0. The zero-order chi connectivity index (χ0) is 34.5. The molecular weight excluding hydrogens is 866 g/mol. The molecule has 0 unspecified atom stereocenters. The molecule has 0 aliphatic carbocycles. The van der Waals surface area contributed by atoms with Crippen molar-refractivity contribution in [3.63, 3.8) is 0 Å². The lowest BCUT2D eigenvalue weighted by Gasteiger charge is -2.25. The van der Waals surface area contributed by atoms with Crippen LogP contribution in [0.15, 0.2) is 112 Å². The van der Waals surface area contributed by atoms with Crippen molar-refractivity contribution in [2.45, 2.75) is 26.5 Å². The number of benzene rings is 4. The molecule has 0 saturated carbocycles. The fourth-order valence-corrected chi connectivity index (χ4v) is 8.52. The van der Waals surface area contributed by atoms with Crippen molar-refractivity contribution in [2.24, 2.45) is 4.99 Å². The van der Waals surface area contributed by atoms with Crippen molar-refractivity contribution in [1.29, 1.82) is 0 Å². The molecule has 0 saturated heterocycles. The molecule has 1 aliphatic rings. The SMILES string of the molecule is CCOC(=O)C1=C(c2ccccc2)N=c2s/c(=C\c3cc(I)cc(I)c3OCc3ccc(C(=O)OCC)cc3)c(=O)n2[C@@H]1c1ccccc1. The van der Waals surface area contributed by atoms with Gasteiger partial charge in [-0.05, 0) is 100 Å². The molecule has 1 aliphatic heterocycles. The molecule has 11 heteroatoms. The molecule has 0 spiro atoms. The number of fused-ring (bicyclic) bond motifs is 1. The molecule has 49 heavy (non-hydrogen) atoms. The molecule has 248 valence electrons. The highest BCUT2D eigenvalue weighted by molar-refractivity contribution is 14.1. The molecule has 0 amide bonds. The molecule has 4 aromatic carbocycles. The summed E-state index contributed by atoms with van der Waals surface area (Å²) in [5.74, 6) is -0.268. The van der Waals surface area contributed by atoms with Crippen LogP contribution in [0.3, 0.4) is 0 Å². The predicted octanol–water partition coefficient (Wildman–Crippen LogP) is 6.90. The van der Waals surface area contributed by atoms with E-state index in [1.807, 2.05) is 91.0 Å². The van der Waals surface area contributed by atoms with Gasteiger partial charge >= 0.3 is 11.9 Å². The van der Waals surface area contributed by atoms with E-state index in [2.05, 4.69) is 45.2 Å². The van der Waals surface area contributed by atoms with E-state index in [0.717, 1.165) is 29.4 Å². The van der Waals surface area contributed by atoms with Gasteiger partial charge in [-0.3, -0.25) is 9.36 Å². The van der Waals surface area contributed by atoms with Gasteiger partial charge in [-0.2, -0.15) is 0 Å². The third kappa shape index (κ3) is 7.58. The predicted molar refractivity (Wildman–Crippen MR) is 206 cm³/mol. The Morgan fingerprint density at radius 2 is 1.53 bits per heavy atom. The van der Waals surface area contributed by atoms with Gasteiger partial charge in [-0.1, -0.05) is 84.1 Å². The Kier molecular flexibility index (Phi) is 11.1. The number of thiazole rings is 1. The van der Waals surface area contributed by atoms with E-state index in [4.69, 9.17) is 19.2 Å². The Hall–Kier alpha value is -4.08. The Labute approximate surface area is 314 Å². The first-order chi connectivity index (χ1) is 23.8. The van der Waals surface area contributed by atoms with Gasteiger partial charge in [0.15, 0.2) is 4.80 Å². The van der Waals surface area contributed by atoms with Crippen LogP contribution in [0.2, 0.25) is 0 Å². The number of esters is 2. The van der Waals surface area contributed by atoms with Crippen LogP contribution in [0.4, 0.5) is 0 Å². The number of halogens is 2. The number of aromatic nitrogens is 1. The lowest BCUT2D eigenvalue weighted by atomic mass is 9.93. The smallest absolute Gasteiger partial charge is 0.338 e. The minimum absolute atomic E-state index is 0.180. The van der Waals surface area contributed by atoms with E-state index in [1.165, 1.54) is 11.3 Å². The van der Waals surface area contributed by atoms with Crippen LogP contribution in [0.25, 0.3) is 11.8 Å². The van der Waals surface area contributed by atoms with Gasteiger partial charge in [-0.15, -0.1) is 0 Å². The summed E-state index contributed by atoms with van der Waals surface area (Å²) in [6.07, 6.45) is 1.83. The molecule has 6 rings (SSSR count). The standard InChI is InChI=1S/C38H30I2N2O6S/c1-3-46-36(44)26-17-15-23(16-18-26)22-48-34-27(19-28(39)21-29(34)40)20-30-35(43)42-33(25-13-9-6-10-14-25)31(37(45)47-4-2)32(41-38(42)49-30)24-11-7-5-8-12-24/h5-21,33H,3-4,22H2,1-2H3/b30-20-/t33-/m1/s1. The van der Waals surface area contributed by atoms with E-state index in [0.29, 0.717) is 38.5 Å². The van der Waals surface area contributed by atoms with Crippen LogP contribution in [-0.2, 0) is 20.9 Å². The van der Waals surface area contributed by atoms with E-state index in [-0.39, 0.29) is 24.7 Å². The van der Waals surface area contributed by atoms with Gasteiger partial charge in [0.05, 0.1) is 44.2 Å². The Morgan fingerprint density at radius 3 is 2.20 bits per heavy atom. The Morgan fingerprint density at radius 1 is 0.878 bits per heavy atom. The summed E-state index contributed by atoms with van der Waals surface area (Å²) in [7, 11) is 0.